The number of nitrogens with two attached hydrogens (primary N) is 1. The number of nitrogens with zero attached hydrogens (tertiary/aromatic N) is 2. The molecule has 96 valence electrons. The summed E-state index contributed by atoms with van der Waals surface area (Å²) in [4.78, 5) is 0. The van der Waals surface area contributed by atoms with Crippen LogP contribution in [0, 0.1) is 27.7 Å². The summed E-state index contributed by atoms with van der Waals surface area (Å²) in [6.45, 7) is 8.02. The molecule has 0 unspecified atom stereocenters. The van der Waals surface area contributed by atoms with E-state index in [-0.39, 0.29) is 0 Å². The largest absolute Gasteiger partial charge is 0.437 e. The van der Waals surface area contributed by atoms with E-state index < -0.39 is 0 Å². The van der Waals surface area contributed by atoms with E-state index in [1.165, 1.54) is 5.56 Å². The van der Waals surface area contributed by atoms with Gasteiger partial charge < -0.3 is 10.5 Å². The van der Waals surface area contributed by atoms with Crippen molar-refractivity contribution in [1.29, 1.82) is 0 Å². The second-order valence-electron chi connectivity index (χ2n) is 4.68. The summed E-state index contributed by atoms with van der Waals surface area (Å²) < 4.78 is 7.65. The van der Waals surface area contributed by atoms with E-state index in [1.807, 2.05) is 20.9 Å². The summed E-state index contributed by atoms with van der Waals surface area (Å²) in [6, 6.07) is 4.15. The van der Waals surface area contributed by atoms with Crippen LogP contribution >= 0.6 is 0 Å². The fourth-order valence-electron chi connectivity index (χ4n) is 1.95. The first kappa shape index (κ1) is 12.5. The number of hydrogen-bond donors (Lipinski definition) is 1. The van der Waals surface area contributed by atoms with Gasteiger partial charge in [0.05, 0.1) is 5.69 Å². The fraction of sp³-hybridized carbons (Fsp3) is 0.357. The molecule has 4 heteroatoms. The van der Waals surface area contributed by atoms with Crippen molar-refractivity contribution >= 4 is 5.69 Å². The van der Waals surface area contributed by atoms with Gasteiger partial charge in [0.1, 0.15) is 11.4 Å². The molecule has 0 atom stereocenters. The summed E-state index contributed by atoms with van der Waals surface area (Å²) in [5, 5.41) is 4.26. The van der Waals surface area contributed by atoms with Crippen LogP contribution in [-0.4, -0.2) is 9.78 Å². The molecule has 2 rings (SSSR count). The second kappa shape index (κ2) is 4.37. The molecule has 1 heterocycles. The molecule has 2 N–H and O–H groups in total. The Morgan fingerprint density at radius 3 is 2.28 bits per heavy atom. The molecule has 2 aromatic rings. The van der Waals surface area contributed by atoms with Gasteiger partial charge in [0.2, 0.25) is 5.88 Å². The number of benzene rings is 1. The highest BCUT2D eigenvalue weighted by molar-refractivity contribution is 5.55. The van der Waals surface area contributed by atoms with Crippen molar-refractivity contribution in [2.24, 2.45) is 7.05 Å². The predicted octanol–water partition coefficient (Wildman–Crippen LogP) is 3.03. The predicted molar refractivity (Wildman–Crippen MR) is 73.1 cm³/mol. The van der Waals surface area contributed by atoms with Gasteiger partial charge in [-0.05, 0) is 44.4 Å². The summed E-state index contributed by atoms with van der Waals surface area (Å²) >= 11 is 0. The maximum Gasteiger partial charge on any atom is 0.241 e. The Bertz CT molecular complexity index is 600. The minimum absolute atomic E-state index is 0.595. The molecule has 0 amide bonds. The molecule has 0 bridgehead atoms. The lowest BCUT2D eigenvalue weighted by atomic mass is 10.1. The number of ether oxygens (including phenoxy) is 1. The molecule has 0 aliphatic rings. The highest BCUT2D eigenvalue weighted by atomic mass is 16.5. The van der Waals surface area contributed by atoms with Crippen molar-refractivity contribution in [2.45, 2.75) is 27.7 Å². The molecule has 0 radical (unpaired) electrons. The van der Waals surface area contributed by atoms with Crippen LogP contribution in [0.5, 0.6) is 11.6 Å². The summed E-state index contributed by atoms with van der Waals surface area (Å²) in [6.07, 6.45) is 0. The number of hydrogen-bond acceptors (Lipinski definition) is 3. The smallest absolute Gasteiger partial charge is 0.241 e. The van der Waals surface area contributed by atoms with E-state index in [0.29, 0.717) is 11.6 Å². The van der Waals surface area contributed by atoms with Gasteiger partial charge in [-0.3, -0.25) is 0 Å². The highest BCUT2D eigenvalue weighted by Gasteiger charge is 2.15. The van der Waals surface area contributed by atoms with Crippen molar-refractivity contribution < 1.29 is 4.74 Å². The lowest BCUT2D eigenvalue weighted by Crippen LogP contribution is -2.00. The normalized spacial score (nSPS) is 10.7. The van der Waals surface area contributed by atoms with Crippen molar-refractivity contribution in [3.8, 4) is 11.6 Å². The van der Waals surface area contributed by atoms with Crippen LogP contribution in [0.2, 0.25) is 0 Å². The summed E-state index contributed by atoms with van der Waals surface area (Å²) in [7, 11) is 1.83. The standard InChI is InChI=1S/C14H19N3O/c1-8-6-7-9(2)13(10(8)3)18-14-12(15)11(4)16-17(14)5/h6-7H,15H2,1-5H3. The van der Waals surface area contributed by atoms with Crippen molar-refractivity contribution in [3.05, 3.63) is 34.5 Å². The summed E-state index contributed by atoms with van der Waals surface area (Å²) in [5.74, 6) is 1.47. The quantitative estimate of drug-likeness (QED) is 0.884. The summed E-state index contributed by atoms with van der Waals surface area (Å²) in [5.41, 5.74) is 10.8. The van der Waals surface area contributed by atoms with Crippen LogP contribution in [0.25, 0.3) is 0 Å². The zero-order chi connectivity index (χ0) is 13.4. The number of anilines is 1. The van der Waals surface area contributed by atoms with E-state index in [9.17, 15) is 0 Å². The van der Waals surface area contributed by atoms with Gasteiger partial charge in [-0.1, -0.05) is 12.1 Å². The molecule has 0 fully saturated rings. The zero-order valence-corrected chi connectivity index (χ0v) is 11.5. The minimum atomic E-state index is 0.595. The topological polar surface area (TPSA) is 53.1 Å². The van der Waals surface area contributed by atoms with E-state index in [1.54, 1.807) is 4.68 Å². The maximum absolute atomic E-state index is 5.98. The number of aryl methyl sites for hydroxylation is 4. The van der Waals surface area contributed by atoms with Gasteiger partial charge in [-0.2, -0.15) is 5.10 Å². The monoisotopic (exact) mass is 245 g/mol. The van der Waals surface area contributed by atoms with Crippen LogP contribution in [0.3, 0.4) is 0 Å². The lowest BCUT2D eigenvalue weighted by molar-refractivity contribution is 0.426. The first-order chi connectivity index (χ1) is 8.41. The Kier molecular flexibility index (Phi) is 3.03. The Morgan fingerprint density at radius 2 is 1.72 bits per heavy atom. The molecule has 1 aromatic heterocycles. The molecular formula is C14H19N3O. The van der Waals surface area contributed by atoms with Gasteiger partial charge in [-0.25, -0.2) is 4.68 Å². The molecule has 0 saturated heterocycles. The Morgan fingerprint density at radius 1 is 1.11 bits per heavy atom. The third-order valence-corrected chi connectivity index (χ3v) is 3.29. The van der Waals surface area contributed by atoms with Gasteiger partial charge >= 0.3 is 0 Å². The first-order valence-electron chi connectivity index (χ1n) is 5.95. The Balaban J connectivity index is 2.49. The average molecular weight is 245 g/mol. The van der Waals surface area contributed by atoms with Gasteiger partial charge in [0.15, 0.2) is 0 Å². The molecule has 4 nitrogen and oxygen atoms in total. The SMILES string of the molecule is Cc1ccc(C)c(Oc2c(N)c(C)nn2C)c1C. The van der Waals surface area contributed by atoms with Crippen molar-refractivity contribution in [2.75, 3.05) is 5.73 Å². The van der Waals surface area contributed by atoms with Crippen molar-refractivity contribution in [3.63, 3.8) is 0 Å². The van der Waals surface area contributed by atoms with Crippen molar-refractivity contribution in [1.82, 2.24) is 9.78 Å². The fourth-order valence-corrected chi connectivity index (χ4v) is 1.95. The second-order valence-corrected chi connectivity index (χ2v) is 4.68. The van der Waals surface area contributed by atoms with Crippen LogP contribution < -0.4 is 10.5 Å². The van der Waals surface area contributed by atoms with Gasteiger partial charge in [0, 0.05) is 7.05 Å². The molecule has 0 aliphatic heterocycles. The number of rotatable bonds is 2. The number of aromatic nitrogens is 2. The minimum Gasteiger partial charge on any atom is -0.437 e. The first-order valence-corrected chi connectivity index (χ1v) is 5.95. The highest BCUT2D eigenvalue weighted by Crippen LogP contribution is 2.34. The van der Waals surface area contributed by atoms with E-state index >= 15 is 0 Å². The zero-order valence-electron chi connectivity index (χ0n) is 11.5. The van der Waals surface area contributed by atoms with Crippen LogP contribution in [0.1, 0.15) is 22.4 Å². The van der Waals surface area contributed by atoms with Gasteiger partial charge in [0.25, 0.3) is 0 Å². The number of nitrogen functional groups attached to an aromatic ring is 1. The molecule has 0 aliphatic carbocycles. The molecule has 0 saturated carbocycles. The Hall–Kier alpha value is -1.97. The lowest BCUT2D eigenvalue weighted by Gasteiger charge is -2.14. The van der Waals surface area contributed by atoms with Crippen LogP contribution in [-0.2, 0) is 7.05 Å². The maximum atomic E-state index is 5.98. The molecule has 1 aromatic carbocycles. The average Bonchev–Trinajstić information content (AvgIpc) is 2.55. The molecular weight excluding hydrogens is 226 g/mol. The van der Waals surface area contributed by atoms with E-state index in [2.05, 4.69) is 31.1 Å². The molecule has 0 spiro atoms. The third-order valence-electron chi connectivity index (χ3n) is 3.29. The third kappa shape index (κ3) is 1.94. The molecule has 18 heavy (non-hydrogen) atoms. The van der Waals surface area contributed by atoms with Crippen LogP contribution in [0.4, 0.5) is 5.69 Å². The van der Waals surface area contributed by atoms with E-state index in [0.717, 1.165) is 22.6 Å². The Labute approximate surface area is 107 Å². The van der Waals surface area contributed by atoms with Crippen LogP contribution in [0.15, 0.2) is 12.1 Å². The van der Waals surface area contributed by atoms with Gasteiger partial charge in [-0.15, -0.1) is 0 Å². The van der Waals surface area contributed by atoms with E-state index in [4.69, 9.17) is 10.5 Å².